The van der Waals surface area contributed by atoms with E-state index < -0.39 is 5.91 Å². The highest BCUT2D eigenvalue weighted by molar-refractivity contribution is 7.14. The zero-order valence-electron chi connectivity index (χ0n) is 17.2. The van der Waals surface area contributed by atoms with Crippen LogP contribution in [0.4, 0.5) is 16.5 Å². The Hall–Kier alpha value is -3.96. The number of aryl methyl sites for hydroxylation is 1. The van der Waals surface area contributed by atoms with Crippen molar-refractivity contribution in [1.82, 2.24) is 4.98 Å². The number of anilines is 3. The number of aromatic nitrogens is 1. The maximum absolute atomic E-state index is 12.5. The number of nitrogens with one attached hydrogen (secondary N) is 1. The average molecular weight is 433 g/mol. The summed E-state index contributed by atoms with van der Waals surface area (Å²) in [5.74, 6) is -0.0691. The highest BCUT2D eigenvalue weighted by atomic mass is 32.1. The van der Waals surface area contributed by atoms with Crippen LogP contribution in [0.1, 0.15) is 18.2 Å². The zero-order chi connectivity index (χ0) is 22.4. The van der Waals surface area contributed by atoms with Crippen molar-refractivity contribution in [2.75, 3.05) is 17.3 Å². The minimum Gasteiger partial charge on any atom is -0.497 e. The lowest BCUT2D eigenvalue weighted by Crippen LogP contribution is -2.22. The maximum atomic E-state index is 12.5. The molecular weight excluding hydrogens is 412 g/mol. The van der Waals surface area contributed by atoms with Crippen molar-refractivity contribution in [3.63, 3.8) is 0 Å². The van der Waals surface area contributed by atoms with Crippen LogP contribution in [0.2, 0.25) is 0 Å². The van der Waals surface area contributed by atoms with Crippen molar-refractivity contribution in [3.8, 4) is 11.8 Å². The van der Waals surface area contributed by atoms with Crippen molar-refractivity contribution in [2.24, 2.45) is 0 Å². The van der Waals surface area contributed by atoms with Gasteiger partial charge in [0.25, 0.3) is 5.91 Å². The van der Waals surface area contributed by atoms with Crippen molar-refractivity contribution in [2.45, 2.75) is 13.8 Å². The van der Waals surface area contributed by atoms with Gasteiger partial charge in [0.05, 0.1) is 18.5 Å². The number of rotatable bonds is 6. The molecule has 1 N–H and O–H groups in total. The normalized spacial score (nSPS) is 10.8. The summed E-state index contributed by atoms with van der Waals surface area (Å²) in [5, 5.41) is 14.2. The fourth-order valence-corrected chi connectivity index (χ4v) is 3.58. The van der Waals surface area contributed by atoms with Gasteiger partial charge < -0.3 is 10.1 Å². The summed E-state index contributed by atoms with van der Waals surface area (Å²) in [6, 6.07) is 16.2. The molecule has 0 saturated carbocycles. The molecule has 2 amide bonds. The lowest BCUT2D eigenvalue weighted by atomic mass is 10.2. The molecule has 0 bridgehead atoms. The molecular formula is C23H20N4O3S. The Kier molecular flexibility index (Phi) is 6.80. The fourth-order valence-electron chi connectivity index (χ4n) is 2.74. The topological polar surface area (TPSA) is 95.3 Å². The van der Waals surface area contributed by atoms with Crippen LogP contribution in [-0.2, 0) is 9.59 Å². The Balaban J connectivity index is 1.83. The van der Waals surface area contributed by atoms with Crippen LogP contribution >= 0.6 is 11.3 Å². The van der Waals surface area contributed by atoms with E-state index in [1.165, 1.54) is 29.2 Å². The Morgan fingerprint density at radius 1 is 1.16 bits per heavy atom. The smallest absolute Gasteiger partial charge is 0.266 e. The molecule has 2 aromatic carbocycles. The van der Waals surface area contributed by atoms with Gasteiger partial charge in [0, 0.05) is 18.0 Å². The Labute approximate surface area is 184 Å². The van der Waals surface area contributed by atoms with Gasteiger partial charge in [0.15, 0.2) is 5.13 Å². The Bertz CT molecular complexity index is 1160. The number of hydrogen-bond acceptors (Lipinski definition) is 6. The Morgan fingerprint density at radius 3 is 2.42 bits per heavy atom. The molecule has 3 aromatic rings. The number of nitrogens with zero attached hydrogens (tertiary/aromatic N) is 3. The molecule has 31 heavy (non-hydrogen) atoms. The third kappa shape index (κ3) is 5.35. The molecule has 156 valence electrons. The molecule has 0 saturated heterocycles. The van der Waals surface area contributed by atoms with Gasteiger partial charge in [0.2, 0.25) is 5.91 Å². The number of carbonyl (C=O) groups is 2. The van der Waals surface area contributed by atoms with E-state index in [-0.39, 0.29) is 11.5 Å². The average Bonchev–Trinajstić information content (AvgIpc) is 3.22. The molecule has 0 radical (unpaired) electrons. The molecule has 0 spiro atoms. The van der Waals surface area contributed by atoms with Gasteiger partial charge in [-0.15, -0.1) is 11.3 Å². The van der Waals surface area contributed by atoms with Gasteiger partial charge in [-0.25, -0.2) is 4.98 Å². The highest BCUT2D eigenvalue weighted by Crippen LogP contribution is 2.30. The van der Waals surface area contributed by atoms with Crippen LogP contribution in [0, 0.1) is 18.3 Å². The van der Waals surface area contributed by atoms with E-state index in [1.54, 1.807) is 48.9 Å². The summed E-state index contributed by atoms with van der Waals surface area (Å²) < 4.78 is 5.15. The van der Waals surface area contributed by atoms with E-state index in [0.717, 1.165) is 5.56 Å². The second kappa shape index (κ2) is 9.69. The van der Waals surface area contributed by atoms with Crippen molar-refractivity contribution < 1.29 is 14.3 Å². The first-order valence-corrected chi connectivity index (χ1v) is 10.2. The molecule has 1 heterocycles. The largest absolute Gasteiger partial charge is 0.497 e. The molecule has 0 unspecified atom stereocenters. The quantitative estimate of drug-likeness (QED) is 0.450. The lowest BCUT2D eigenvalue weighted by Gasteiger charge is -2.18. The van der Waals surface area contributed by atoms with E-state index in [1.807, 2.05) is 25.1 Å². The first-order valence-electron chi connectivity index (χ1n) is 9.31. The highest BCUT2D eigenvalue weighted by Gasteiger charge is 2.18. The second-order valence-electron chi connectivity index (χ2n) is 6.60. The predicted octanol–water partition coefficient (Wildman–Crippen LogP) is 4.69. The lowest BCUT2D eigenvalue weighted by molar-refractivity contribution is -0.116. The molecule has 8 heteroatoms. The first-order chi connectivity index (χ1) is 14.9. The van der Waals surface area contributed by atoms with Crippen LogP contribution in [0.15, 0.2) is 59.5 Å². The molecule has 0 aliphatic carbocycles. The second-order valence-corrected chi connectivity index (χ2v) is 7.43. The molecule has 0 aliphatic heterocycles. The summed E-state index contributed by atoms with van der Waals surface area (Å²) in [5.41, 5.74) is 2.62. The van der Waals surface area contributed by atoms with E-state index in [4.69, 9.17) is 4.74 Å². The molecule has 1 aromatic heterocycles. The van der Waals surface area contributed by atoms with E-state index in [2.05, 4.69) is 10.3 Å². The van der Waals surface area contributed by atoms with E-state index in [9.17, 15) is 14.9 Å². The van der Waals surface area contributed by atoms with Gasteiger partial charge in [-0.3, -0.25) is 14.5 Å². The SMILES string of the molecule is COc1ccc(N(C(C)=O)c2nc(/C=C(\C#N)C(=O)Nc3ccc(C)cc3)cs2)cc1. The van der Waals surface area contributed by atoms with Crippen molar-refractivity contribution in [3.05, 3.63) is 70.7 Å². The fraction of sp³-hybridized carbons (Fsp3) is 0.130. The molecule has 3 rings (SSSR count). The minimum absolute atomic E-state index is 0.0868. The van der Waals surface area contributed by atoms with Gasteiger partial charge in [-0.2, -0.15) is 5.26 Å². The third-order valence-electron chi connectivity index (χ3n) is 4.31. The number of nitriles is 1. The molecule has 0 fully saturated rings. The van der Waals surface area contributed by atoms with Gasteiger partial charge in [0.1, 0.15) is 17.4 Å². The zero-order valence-corrected chi connectivity index (χ0v) is 18.1. The summed E-state index contributed by atoms with van der Waals surface area (Å²) >= 11 is 1.24. The molecule has 0 atom stereocenters. The van der Waals surface area contributed by atoms with Crippen LogP contribution in [0.25, 0.3) is 6.08 Å². The summed E-state index contributed by atoms with van der Waals surface area (Å²) in [4.78, 5) is 30.6. The number of benzene rings is 2. The number of amides is 2. The summed E-state index contributed by atoms with van der Waals surface area (Å²) in [7, 11) is 1.57. The van der Waals surface area contributed by atoms with Gasteiger partial charge >= 0.3 is 0 Å². The van der Waals surface area contributed by atoms with Crippen LogP contribution in [0.3, 0.4) is 0 Å². The maximum Gasteiger partial charge on any atom is 0.266 e. The number of thiazole rings is 1. The van der Waals surface area contributed by atoms with E-state index in [0.29, 0.717) is 27.9 Å². The number of methoxy groups -OCH3 is 1. The minimum atomic E-state index is -0.528. The van der Waals surface area contributed by atoms with Crippen LogP contribution < -0.4 is 15.0 Å². The number of ether oxygens (including phenoxy) is 1. The summed E-state index contributed by atoms with van der Waals surface area (Å²) in [6.45, 7) is 3.39. The number of hydrogen-bond donors (Lipinski definition) is 1. The van der Waals surface area contributed by atoms with Crippen molar-refractivity contribution in [1.29, 1.82) is 5.26 Å². The predicted molar refractivity (Wildman–Crippen MR) is 121 cm³/mol. The monoisotopic (exact) mass is 432 g/mol. The van der Waals surface area contributed by atoms with E-state index >= 15 is 0 Å². The first kappa shape index (κ1) is 21.7. The third-order valence-corrected chi connectivity index (χ3v) is 5.16. The van der Waals surface area contributed by atoms with Gasteiger partial charge in [-0.1, -0.05) is 17.7 Å². The molecule has 7 nitrogen and oxygen atoms in total. The Morgan fingerprint density at radius 2 is 1.84 bits per heavy atom. The van der Waals surface area contributed by atoms with Crippen LogP contribution in [0.5, 0.6) is 5.75 Å². The molecule has 0 aliphatic rings. The van der Waals surface area contributed by atoms with Gasteiger partial charge in [-0.05, 0) is 49.4 Å². The van der Waals surface area contributed by atoms with Crippen LogP contribution in [-0.4, -0.2) is 23.9 Å². The summed E-state index contributed by atoms with van der Waals surface area (Å²) in [6.07, 6.45) is 1.40. The van der Waals surface area contributed by atoms with Crippen molar-refractivity contribution >= 4 is 45.7 Å². The number of carbonyl (C=O) groups excluding carboxylic acids is 2. The standard InChI is InChI=1S/C23H20N4O3S/c1-15-4-6-18(7-5-15)25-22(29)17(13-24)12-19-14-31-23(26-19)27(16(2)28)20-8-10-21(30-3)11-9-20/h4-12,14H,1-3H3,(H,25,29)/b17-12+.